The molecule has 2 aromatic rings. The highest BCUT2D eigenvalue weighted by Crippen LogP contribution is 2.22. The van der Waals surface area contributed by atoms with E-state index in [2.05, 4.69) is 9.97 Å². The number of pyridine rings is 2. The number of aromatic nitrogens is 2. The lowest BCUT2D eigenvalue weighted by Crippen LogP contribution is -2.05. The van der Waals surface area contributed by atoms with E-state index in [4.69, 9.17) is 22.1 Å². The Labute approximate surface area is 104 Å². The highest BCUT2D eigenvalue weighted by atomic mass is 35.5. The maximum atomic E-state index is 5.80. The van der Waals surface area contributed by atoms with Crippen LogP contribution < -0.4 is 10.5 Å². The Hall–Kier alpha value is -1.65. The topological polar surface area (TPSA) is 61.0 Å². The van der Waals surface area contributed by atoms with Crippen molar-refractivity contribution in [1.29, 1.82) is 0 Å². The average Bonchev–Trinajstić information content (AvgIpc) is 2.29. The second kappa shape index (κ2) is 5.12. The van der Waals surface area contributed by atoms with Crippen LogP contribution in [-0.4, -0.2) is 9.97 Å². The van der Waals surface area contributed by atoms with Crippen molar-refractivity contribution in [3.8, 4) is 11.6 Å². The second-order valence-corrected chi connectivity index (χ2v) is 4.10. The van der Waals surface area contributed by atoms with Crippen molar-refractivity contribution in [2.24, 2.45) is 5.73 Å². The number of hydrogen-bond donors (Lipinski definition) is 1. The molecule has 0 aromatic carbocycles. The summed E-state index contributed by atoms with van der Waals surface area (Å²) < 4.78 is 5.50. The van der Waals surface area contributed by atoms with Crippen LogP contribution in [0, 0.1) is 0 Å². The average molecular weight is 250 g/mol. The molecule has 1 atom stereocenters. The van der Waals surface area contributed by atoms with Gasteiger partial charge in [0, 0.05) is 30.6 Å². The molecule has 0 saturated heterocycles. The molecule has 5 heteroatoms. The molecule has 0 saturated carbocycles. The molecule has 17 heavy (non-hydrogen) atoms. The lowest BCUT2D eigenvalue weighted by atomic mass is 10.2. The minimum Gasteiger partial charge on any atom is -0.437 e. The standard InChI is InChI=1S/C12H12ClN3O/c1-8(14)9-2-3-12(16-5-9)17-11-4-10(13)6-15-7-11/h2-8H,14H2,1H3/t8-/m1/s1. The Morgan fingerprint density at radius 1 is 1.29 bits per heavy atom. The Bertz CT molecular complexity index is 499. The molecule has 0 unspecified atom stereocenters. The van der Waals surface area contributed by atoms with Gasteiger partial charge in [0.15, 0.2) is 0 Å². The molecule has 2 rings (SSSR count). The lowest BCUT2D eigenvalue weighted by Gasteiger charge is -2.07. The molecule has 4 nitrogen and oxygen atoms in total. The number of nitrogens with zero attached hydrogens (tertiary/aromatic N) is 2. The van der Waals surface area contributed by atoms with Gasteiger partial charge in [-0.1, -0.05) is 17.7 Å². The summed E-state index contributed by atoms with van der Waals surface area (Å²) in [6.45, 7) is 1.90. The van der Waals surface area contributed by atoms with Crippen LogP contribution in [0.15, 0.2) is 36.8 Å². The van der Waals surface area contributed by atoms with Crippen LogP contribution in [0.25, 0.3) is 0 Å². The largest absolute Gasteiger partial charge is 0.437 e. The first kappa shape index (κ1) is 11.8. The molecule has 0 radical (unpaired) electrons. The van der Waals surface area contributed by atoms with E-state index in [1.165, 1.54) is 0 Å². The molecule has 2 aromatic heterocycles. The van der Waals surface area contributed by atoms with Crippen LogP contribution in [0.1, 0.15) is 18.5 Å². The summed E-state index contributed by atoms with van der Waals surface area (Å²) in [6, 6.07) is 5.28. The molecule has 0 bridgehead atoms. The van der Waals surface area contributed by atoms with Gasteiger partial charge >= 0.3 is 0 Å². The van der Waals surface area contributed by atoms with Gasteiger partial charge in [0.25, 0.3) is 0 Å². The zero-order valence-corrected chi connectivity index (χ0v) is 10.1. The van der Waals surface area contributed by atoms with Gasteiger partial charge in [-0.2, -0.15) is 0 Å². The monoisotopic (exact) mass is 249 g/mol. The van der Waals surface area contributed by atoms with Gasteiger partial charge in [0.05, 0.1) is 11.2 Å². The number of halogens is 1. The van der Waals surface area contributed by atoms with E-state index in [0.717, 1.165) is 5.56 Å². The van der Waals surface area contributed by atoms with Crippen molar-refractivity contribution in [2.75, 3.05) is 0 Å². The van der Waals surface area contributed by atoms with E-state index in [0.29, 0.717) is 16.7 Å². The molecule has 88 valence electrons. The zero-order valence-electron chi connectivity index (χ0n) is 9.30. The third-order valence-electron chi connectivity index (χ3n) is 2.19. The normalized spacial score (nSPS) is 12.2. The molecule has 0 amide bonds. The van der Waals surface area contributed by atoms with Gasteiger partial charge in [0.2, 0.25) is 5.88 Å². The van der Waals surface area contributed by atoms with Gasteiger partial charge in [-0.15, -0.1) is 0 Å². The van der Waals surface area contributed by atoms with E-state index in [-0.39, 0.29) is 6.04 Å². The quantitative estimate of drug-likeness (QED) is 0.909. The first-order valence-electron chi connectivity index (χ1n) is 5.15. The lowest BCUT2D eigenvalue weighted by molar-refractivity contribution is 0.460. The van der Waals surface area contributed by atoms with E-state index in [1.807, 2.05) is 13.0 Å². The van der Waals surface area contributed by atoms with Crippen molar-refractivity contribution in [1.82, 2.24) is 9.97 Å². The molecule has 0 aliphatic carbocycles. The smallest absolute Gasteiger partial charge is 0.219 e. The number of hydrogen-bond acceptors (Lipinski definition) is 4. The summed E-state index contributed by atoms with van der Waals surface area (Å²) in [4.78, 5) is 8.07. The van der Waals surface area contributed by atoms with Gasteiger partial charge in [-0.25, -0.2) is 4.98 Å². The molecular weight excluding hydrogens is 238 g/mol. The highest BCUT2D eigenvalue weighted by Gasteiger charge is 2.02. The predicted octanol–water partition coefficient (Wildman–Crippen LogP) is 2.94. The molecule has 0 aliphatic heterocycles. The molecule has 0 fully saturated rings. The Kier molecular flexibility index (Phi) is 3.56. The first-order valence-corrected chi connectivity index (χ1v) is 5.53. The number of rotatable bonds is 3. The Morgan fingerprint density at radius 2 is 2.12 bits per heavy atom. The SMILES string of the molecule is C[C@@H](N)c1ccc(Oc2cncc(Cl)c2)nc1. The van der Waals surface area contributed by atoms with Crippen LogP contribution in [0.2, 0.25) is 5.02 Å². The van der Waals surface area contributed by atoms with Crippen LogP contribution in [0.3, 0.4) is 0 Å². The van der Waals surface area contributed by atoms with Crippen LogP contribution in [0.4, 0.5) is 0 Å². The molecular formula is C12H12ClN3O. The summed E-state index contributed by atoms with van der Waals surface area (Å²) >= 11 is 5.80. The van der Waals surface area contributed by atoms with Crippen LogP contribution in [0.5, 0.6) is 11.6 Å². The summed E-state index contributed by atoms with van der Waals surface area (Å²) in [6.07, 6.45) is 4.81. The predicted molar refractivity (Wildman–Crippen MR) is 66.2 cm³/mol. The minimum atomic E-state index is -0.0376. The van der Waals surface area contributed by atoms with Crippen molar-refractivity contribution in [3.63, 3.8) is 0 Å². The van der Waals surface area contributed by atoms with Gasteiger partial charge in [-0.3, -0.25) is 4.98 Å². The van der Waals surface area contributed by atoms with E-state index >= 15 is 0 Å². The molecule has 2 N–H and O–H groups in total. The van der Waals surface area contributed by atoms with Crippen molar-refractivity contribution in [3.05, 3.63) is 47.4 Å². The van der Waals surface area contributed by atoms with E-state index < -0.39 is 0 Å². The summed E-state index contributed by atoms with van der Waals surface area (Å²) in [5.41, 5.74) is 6.69. The molecule has 2 heterocycles. The second-order valence-electron chi connectivity index (χ2n) is 3.66. The molecule has 0 aliphatic rings. The summed E-state index contributed by atoms with van der Waals surface area (Å²) in [5.74, 6) is 1.04. The van der Waals surface area contributed by atoms with Gasteiger partial charge in [0.1, 0.15) is 5.75 Å². The first-order chi connectivity index (χ1) is 8.15. The number of nitrogens with two attached hydrogens (primary N) is 1. The van der Waals surface area contributed by atoms with Crippen molar-refractivity contribution >= 4 is 11.6 Å². The Balaban J connectivity index is 2.14. The fourth-order valence-corrected chi connectivity index (χ4v) is 1.45. The Morgan fingerprint density at radius 3 is 2.71 bits per heavy atom. The fourth-order valence-electron chi connectivity index (χ4n) is 1.29. The maximum Gasteiger partial charge on any atom is 0.219 e. The third-order valence-corrected chi connectivity index (χ3v) is 2.39. The van der Waals surface area contributed by atoms with Crippen LogP contribution >= 0.6 is 11.6 Å². The van der Waals surface area contributed by atoms with Gasteiger partial charge in [-0.05, 0) is 12.5 Å². The summed E-state index contributed by atoms with van der Waals surface area (Å²) in [7, 11) is 0. The maximum absolute atomic E-state index is 5.80. The van der Waals surface area contributed by atoms with Crippen molar-refractivity contribution in [2.45, 2.75) is 13.0 Å². The van der Waals surface area contributed by atoms with Gasteiger partial charge < -0.3 is 10.5 Å². The minimum absolute atomic E-state index is 0.0376. The zero-order chi connectivity index (χ0) is 12.3. The molecule has 0 spiro atoms. The highest BCUT2D eigenvalue weighted by molar-refractivity contribution is 6.30. The van der Waals surface area contributed by atoms with Crippen molar-refractivity contribution < 1.29 is 4.74 Å². The fraction of sp³-hybridized carbons (Fsp3) is 0.167. The summed E-state index contributed by atoms with van der Waals surface area (Å²) in [5, 5.41) is 0.523. The number of ether oxygens (including phenoxy) is 1. The third kappa shape index (κ3) is 3.15. The van der Waals surface area contributed by atoms with E-state index in [9.17, 15) is 0 Å². The van der Waals surface area contributed by atoms with Crippen LogP contribution in [-0.2, 0) is 0 Å². The van der Waals surface area contributed by atoms with E-state index in [1.54, 1.807) is 30.7 Å².